The largest absolute Gasteiger partial charge is 0.312 e. The van der Waals surface area contributed by atoms with Crippen molar-refractivity contribution in [3.05, 3.63) is 51.5 Å². The van der Waals surface area contributed by atoms with Gasteiger partial charge in [0.05, 0.1) is 5.01 Å². The number of hydrogen-bond donors (Lipinski definition) is 1. The van der Waals surface area contributed by atoms with Crippen molar-refractivity contribution in [3.63, 3.8) is 0 Å². The molecule has 1 N–H and O–H groups in total. The Morgan fingerprint density at radius 1 is 1.17 bits per heavy atom. The highest BCUT2D eigenvalue weighted by Crippen LogP contribution is 2.09. The lowest BCUT2D eigenvalue weighted by atomic mass is 10.1. The maximum Gasteiger partial charge on any atom is 0.0940 e. The van der Waals surface area contributed by atoms with E-state index in [1.165, 1.54) is 16.1 Å². The van der Waals surface area contributed by atoms with Crippen molar-refractivity contribution >= 4 is 11.3 Å². The molecule has 3 heteroatoms. The van der Waals surface area contributed by atoms with Crippen molar-refractivity contribution in [2.75, 3.05) is 6.54 Å². The highest BCUT2D eigenvalue weighted by atomic mass is 32.1. The molecule has 0 atom stereocenters. The maximum absolute atomic E-state index is 4.46. The normalized spacial score (nSPS) is 10.8. The van der Waals surface area contributed by atoms with Crippen LogP contribution in [0.1, 0.15) is 28.8 Å². The molecule has 96 valence electrons. The highest BCUT2D eigenvalue weighted by Gasteiger charge is 1.98. The molecule has 0 aliphatic rings. The third-order valence-corrected chi connectivity index (χ3v) is 3.97. The molecule has 0 radical (unpaired) electrons. The molecule has 2 nitrogen and oxygen atoms in total. The predicted octanol–water partition coefficient (Wildman–Crippen LogP) is 3.35. The number of thiazole rings is 1. The third kappa shape index (κ3) is 3.93. The monoisotopic (exact) mass is 260 g/mol. The Labute approximate surface area is 113 Å². The fourth-order valence-corrected chi connectivity index (χ4v) is 2.61. The van der Waals surface area contributed by atoms with Gasteiger partial charge in [0.2, 0.25) is 0 Å². The summed E-state index contributed by atoms with van der Waals surface area (Å²) in [5, 5.41) is 6.80. The summed E-state index contributed by atoms with van der Waals surface area (Å²) in [5.74, 6) is 0. The number of aryl methyl sites for hydroxylation is 2. The molecule has 18 heavy (non-hydrogen) atoms. The average Bonchev–Trinajstić information content (AvgIpc) is 2.81. The molecule has 0 bridgehead atoms. The first-order valence-electron chi connectivity index (χ1n) is 6.47. The van der Waals surface area contributed by atoms with Crippen molar-refractivity contribution in [1.82, 2.24) is 10.3 Å². The number of rotatable bonds is 6. The highest BCUT2D eigenvalue weighted by molar-refractivity contribution is 7.09. The number of aromatic nitrogens is 1. The van der Waals surface area contributed by atoms with E-state index in [0.717, 1.165) is 31.6 Å². The zero-order valence-corrected chi connectivity index (χ0v) is 11.9. The van der Waals surface area contributed by atoms with Crippen LogP contribution in [0.5, 0.6) is 0 Å². The quantitative estimate of drug-likeness (QED) is 0.806. The molecule has 0 aliphatic carbocycles. The molecule has 2 rings (SSSR count). The number of nitrogens with zero attached hydrogens (tertiary/aromatic N) is 1. The van der Waals surface area contributed by atoms with Crippen LogP contribution < -0.4 is 5.32 Å². The number of nitrogens with one attached hydrogen (secondary N) is 1. The minimum absolute atomic E-state index is 0.939. The number of benzene rings is 1. The van der Waals surface area contributed by atoms with Gasteiger partial charge in [-0.1, -0.05) is 31.2 Å². The Kier molecular flexibility index (Phi) is 4.90. The summed E-state index contributed by atoms with van der Waals surface area (Å²) in [5.41, 5.74) is 3.88. The van der Waals surface area contributed by atoms with Crippen LogP contribution in [0.3, 0.4) is 0 Å². The van der Waals surface area contributed by atoms with Crippen molar-refractivity contribution in [2.24, 2.45) is 0 Å². The lowest BCUT2D eigenvalue weighted by molar-refractivity contribution is 0.684. The van der Waals surface area contributed by atoms with E-state index in [9.17, 15) is 0 Å². The van der Waals surface area contributed by atoms with Crippen molar-refractivity contribution in [2.45, 2.75) is 33.2 Å². The van der Waals surface area contributed by atoms with Crippen molar-refractivity contribution in [3.8, 4) is 0 Å². The van der Waals surface area contributed by atoms with Crippen LogP contribution in [0.2, 0.25) is 0 Å². The van der Waals surface area contributed by atoms with Crippen LogP contribution in [0.15, 0.2) is 29.6 Å². The second-order valence-electron chi connectivity index (χ2n) is 4.48. The first-order valence-corrected chi connectivity index (χ1v) is 7.35. The first-order chi connectivity index (χ1) is 8.78. The van der Waals surface area contributed by atoms with Crippen LogP contribution in [0.4, 0.5) is 0 Å². The van der Waals surface area contributed by atoms with Gasteiger partial charge in [0.25, 0.3) is 0 Å². The Morgan fingerprint density at radius 2 is 1.89 bits per heavy atom. The molecule has 0 saturated carbocycles. The van der Waals surface area contributed by atoms with E-state index in [1.807, 2.05) is 6.92 Å². The second kappa shape index (κ2) is 6.66. The molecule has 0 fully saturated rings. The van der Waals surface area contributed by atoms with E-state index in [0.29, 0.717) is 0 Å². The molecule has 0 amide bonds. The Bertz CT molecular complexity index is 473. The fraction of sp³-hybridized carbons (Fsp3) is 0.400. The summed E-state index contributed by atoms with van der Waals surface area (Å²) in [4.78, 5) is 4.46. The van der Waals surface area contributed by atoms with Gasteiger partial charge in [-0.15, -0.1) is 11.3 Å². The molecule has 0 aliphatic heterocycles. The van der Waals surface area contributed by atoms with E-state index < -0.39 is 0 Å². The molecular formula is C15H20N2S. The summed E-state index contributed by atoms with van der Waals surface area (Å²) in [6.45, 7) is 6.16. The Hall–Kier alpha value is -1.19. The maximum atomic E-state index is 4.46. The van der Waals surface area contributed by atoms with Crippen molar-refractivity contribution in [1.29, 1.82) is 0 Å². The minimum atomic E-state index is 0.939. The molecular weight excluding hydrogens is 240 g/mol. The topological polar surface area (TPSA) is 24.9 Å². The van der Waals surface area contributed by atoms with E-state index in [4.69, 9.17) is 0 Å². The van der Waals surface area contributed by atoms with Crippen LogP contribution in [-0.4, -0.2) is 11.5 Å². The van der Waals surface area contributed by atoms with Crippen LogP contribution in [-0.2, 0) is 19.4 Å². The van der Waals surface area contributed by atoms with Gasteiger partial charge in [-0.3, -0.25) is 0 Å². The smallest absolute Gasteiger partial charge is 0.0940 e. The molecule has 1 heterocycles. The van der Waals surface area contributed by atoms with Gasteiger partial charge in [-0.2, -0.15) is 0 Å². The molecule has 0 unspecified atom stereocenters. The van der Waals surface area contributed by atoms with Gasteiger partial charge < -0.3 is 5.32 Å². The van der Waals surface area contributed by atoms with Gasteiger partial charge in [0, 0.05) is 30.6 Å². The molecule has 1 aromatic carbocycles. The third-order valence-electron chi connectivity index (χ3n) is 2.94. The first kappa shape index (κ1) is 13.2. The van der Waals surface area contributed by atoms with Gasteiger partial charge >= 0.3 is 0 Å². The Morgan fingerprint density at radius 3 is 2.50 bits per heavy atom. The molecule has 0 spiro atoms. The van der Waals surface area contributed by atoms with E-state index in [1.54, 1.807) is 11.3 Å². The van der Waals surface area contributed by atoms with E-state index in [2.05, 4.69) is 46.9 Å². The Balaban J connectivity index is 1.71. The lowest BCUT2D eigenvalue weighted by Crippen LogP contribution is -2.16. The van der Waals surface area contributed by atoms with E-state index in [-0.39, 0.29) is 0 Å². The summed E-state index contributed by atoms with van der Waals surface area (Å²) in [6.07, 6.45) is 2.13. The molecule has 0 saturated heterocycles. The molecule has 1 aromatic heterocycles. The van der Waals surface area contributed by atoms with Gasteiger partial charge in [-0.05, 0) is 24.5 Å². The average molecular weight is 260 g/mol. The summed E-state index contributed by atoms with van der Waals surface area (Å²) in [7, 11) is 0. The standard InChI is InChI=1S/C15H20N2S/c1-3-13-4-6-14(7-5-13)10-16-9-8-15-17-12(2)11-18-15/h4-7,11,16H,3,8-10H2,1-2H3. The molecule has 2 aromatic rings. The summed E-state index contributed by atoms with van der Waals surface area (Å²) >= 11 is 1.75. The zero-order chi connectivity index (χ0) is 12.8. The van der Waals surface area contributed by atoms with Crippen molar-refractivity contribution < 1.29 is 0 Å². The number of hydrogen-bond acceptors (Lipinski definition) is 3. The van der Waals surface area contributed by atoms with Gasteiger partial charge in [0.15, 0.2) is 0 Å². The summed E-state index contributed by atoms with van der Waals surface area (Å²) < 4.78 is 0. The fourth-order valence-electron chi connectivity index (χ4n) is 1.84. The van der Waals surface area contributed by atoms with Crippen LogP contribution >= 0.6 is 11.3 Å². The summed E-state index contributed by atoms with van der Waals surface area (Å²) in [6, 6.07) is 8.83. The van der Waals surface area contributed by atoms with Crippen LogP contribution in [0.25, 0.3) is 0 Å². The SMILES string of the molecule is CCc1ccc(CNCCc2nc(C)cs2)cc1. The van der Waals surface area contributed by atoms with Crippen LogP contribution in [0, 0.1) is 6.92 Å². The minimum Gasteiger partial charge on any atom is -0.312 e. The second-order valence-corrected chi connectivity index (χ2v) is 5.42. The zero-order valence-electron chi connectivity index (χ0n) is 11.1. The van der Waals surface area contributed by atoms with Gasteiger partial charge in [-0.25, -0.2) is 4.98 Å². The van der Waals surface area contributed by atoms with Gasteiger partial charge in [0.1, 0.15) is 0 Å². The lowest BCUT2D eigenvalue weighted by Gasteiger charge is -2.04. The van der Waals surface area contributed by atoms with E-state index >= 15 is 0 Å². The predicted molar refractivity (Wildman–Crippen MR) is 78.1 cm³/mol.